The summed E-state index contributed by atoms with van der Waals surface area (Å²) in [6.45, 7) is 15.3. The van der Waals surface area contributed by atoms with Crippen LogP contribution in [-0.2, 0) is 14.3 Å². The van der Waals surface area contributed by atoms with Gasteiger partial charge in [-0.25, -0.2) is 0 Å². The maximum Gasteiger partial charge on any atom is 0.246 e. The summed E-state index contributed by atoms with van der Waals surface area (Å²) in [4.78, 5) is 28.0. The number of aryl methyl sites for hydroxylation is 2. The predicted molar refractivity (Wildman–Crippen MR) is 174 cm³/mol. The van der Waals surface area contributed by atoms with Gasteiger partial charge in [-0.2, -0.15) is 0 Å². The zero-order chi connectivity index (χ0) is 31.4. The second kappa shape index (κ2) is 16.3. The van der Waals surface area contributed by atoms with E-state index < -0.39 is 0 Å². The van der Waals surface area contributed by atoms with Crippen LogP contribution in [0.15, 0.2) is 48.6 Å². The van der Waals surface area contributed by atoms with Crippen LogP contribution in [-0.4, -0.2) is 64.8 Å². The molecule has 7 heteroatoms. The molecule has 7 nitrogen and oxygen atoms in total. The number of carbonyl (C=O) groups excluding carboxylic acids is 2. The molecule has 0 spiro atoms. The fourth-order valence-corrected chi connectivity index (χ4v) is 5.14. The van der Waals surface area contributed by atoms with Crippen molar-refractivity contribution in [2.75, 3.05) is 26.2 Å². The van der Waals surface area contributed by atoms with Gasteiger partial charge in [-0.1, -0.05) is 24.3 Å². The van der Waals surface area contributed by atoms with Crippen LogP contribution in [0.5, 0.6) is 11.5 Å². The number of aromatic hydroxyl groups is 1. The Hall–Kier alpha value is -3.58. The molecule has 0 bridgehead atoms. The number of hydrogen-bond donors (Lipinski definition) is 1. The predicted octanol–water partition coefficient (Wildman–Crippen LogP) is 7.29. The van der Waals surface area contributed by atoms with Crippen molar-refractivity contribution in [1.82, 2.24) is 9.80 Å². The van der Waals surface area contributed by atoms with Crippen molar-refractivity contribution < 1.29 is 24.2 Å². The Labute approximate surface area is 258 Å². The lowest BCUT2D eigenvalue weighted by molar-refractivity contribution is -0.140. The summed E-state index contributed by atoms with van der Waals surface area (Å²) >= 11 is 0. The van der Waals surface area contributed by atoms with Crippen molar-refractivity contribution >= 4 is 24.0 Å². The zero-order valence-corrected chi connectivity index (χ0v) is 26.9. The van der Waals surface area contributed by atoms with E-state index >= 15 is 0 Å². The minimum absolute atomic E-state index is 0.0367. The number of phenols is 1. The highest BCUT2D eigenvalue weighted by atomic mass is 16.7. The number of phenolic OH excluding ortho intramolecular Hbond substituents is 1. The Balaban J connectivity index is 0.000000248. The average Bonchev–Trinajstić information content (AvgIpc) is 2.96. The molecule has 2 aromatic carbocycles. The molecule has 0 radical (unpaired) electrons. The van der Waals surface area contributed by atoms with Crippen LogP contribution in [0, 0.1) is 13.8 Å². The van der Waals surface area contributed by atoms with Crippen LogP contribution in [0.4, 0.5) is 0 Å². The first-order valence-electron chi connectivity index (χ1n) is 15.6. The summed E-state index contributed by atoms with van der Waals surface area (Å²) in [5, 5.41) is 9.74. The maximum absolute atomic E-state index is 12.3. The first-order chi connectivity index (χ1) is 20.4. The van der Waals surface area contributed by atoms with Crippen molar-refractivity contribution in [1.29, 1.82) is 0 Å². The fourth-order valence-electron chi connectivity index (χ4n) is 5.14. The highest BCUT2D eigenvalue weighted by Crippen LogP contribution is 2.25. The molecule has 2 saturated heterocycles. The van der Waals surface area contributed by atoms with Gasteiger partial charge in [0.05, 0.1) is 5.60 Å². The molecule has 2 fully saturated rings. The molecule has 2 aliphatic heterocycles. The lowest BCUT2D eigenvalue weighted by Gasteiger charge is -2.26. The van der Waals surface area contributed by atoms with Gasteiger partial charge in [-0.3, -0.25) is 9.59 Å². The monoisotopic (exact) mass is 590 g/mol. The summed E-state index contributed by atoms with van der Waals surface area (Å²) < 4.78 is 11.8. The second-order valence-corrected chi connectivity index (χ2v) is 12.5. The van der Waals surface area contributed by atoms with Gasteiger partial charge in [-0.05, 0) is 115 Å². The largest absolute Gasteiger partial charge is 0.507 e. The number of nitrogens with zero attached hydrogens (tertiary/aromatic N) is 2. The van der Waals surface area contributed by atoms with Crippen molar-refractivity contribution in [3.05, 3.63) is 70.8 Å². The van der Waals surface area contributed by atoms with E-state index in [1.165, 1.54) is 12.8 Å². The van der Waals surface area contributed by atoms with Gasteiger partial charge in [0.25, 0.3) is 0 Å². The van der Waals surface area contributed by atoms with E-state index in [1.54, 1.807) is 24.3 Å². The summed E-state index contributed by atoms with van der Waals surface area (Å²) in [6.07, 6.45) is 13.2. The Morgan fingerprint density at radius 3 is 1.72 bits per heavy atom. The number of benzene rings is 2. The molecule has 1 unspecified atom stereocenters. The van der Waals surface area contributed by atoms with Crippen LogP contribution in [0.25, 0.3) is 12.2 Å². The van der Waals surface area contributed by atoms with Gasteiger partial charge in [0.2, 0.25) is 11.8 Å². The fraction of sp³-hybridized carbons (Fsp3) is 0.500. The van der Waals surface area contributed by atoms with E-state index in [4.69, 9.17) is 9.47 Å². The number of likely N-dealkylation sites (tertiary alicyclic amines) is 2. The molecular formula is C36H50N2O5. The standard InChI is InChI=1S/C21H31NO3.C15H19NO2/c1-16-9-10-18(11-12-20(23)22-13-7-6-8-14-22)19(15-16)24-17(2)25-21(3,4)5;1-12-5-6-13(14(17)11-12)7-8-15(18)16-9-3-2-4-10-16/h9-12,15,17H,6-8,13-14H2,1-5H3;5-8,11,17H,2-4,9-10H2,1H3/b12-11+;8-7+. The molecule has 43 heavy (non-hydrogen) atoms. The quantitative estimate of drug-likeness (QED) is 0.271. The highest BCUT2D eigenvalue weighted by Gasteiger charge is 2.18. The van der Waals surface area contributed by atoms with E-state index in [2.05, 4.69) is 0 Å². The topological polar surface area (TPSA) is 79.3 Å². The Morgan fingerprint density at radius 1 is 0.767 bits per heavy atom. The van der Waals surface area contributed by atoms with E-state index in [9.17, 15) is 14.7 Å². The minimum atomic E-state index is -0.369. The third kappa shape index (κ3) is 11.9. The number of piperidine rings is 2. The summed E-state index contributed by atoms with van der Waals surface area (Å²) in [5.74, 6) is 1.07. The van der Waals surface area contributed by atoms with E-state index in [0.29, 0.717) is 5.56 Å². The number of amides is 2. The first kappa shape index (κ1) is 33.9. The van der Waals surface area contributed by atoms with Gasteiger partial charge in [0.1, 0.15) is 11.5 Å². The van der Waals surface area contributed by atoms with E-state index in [-0.39, 0.29) is 29.5 Å². The van der Waals surface area contributed by atoms with Gasteiger partial charge in [0, 0.05) is 49.5 Å². The molecule has 0 saturated carbocycles. The molecule has 4 rings (SSSR count). The molecule has 2 aliphatic rings. The third-order valence-electron chi connectivity index (χ3n) is 7.31. The smallest absolute Gasteiger partial charge is 0.246 e. The summed E-state index contributed by atoms with van der Waals surface area (Å²) in [5.41, 5.74) is 3.42. The van der Waals surface area contributed by atoms with Crippen LogP contribution >= 0.6 is 0 Å². The SMILES string of the molecule is Cc1ccc(/C=C/C(=O)N2CCCCC2)c(O)c1.Cc1ccc(/C=C/C(=O)N2CCCCC2)c(OC(C)OC(C)(C)C)c1. The minimum Gasteiger partial charge on any atom is -0.507 e. The third-order valence-corrected chi connectivity index (χ3v) is 7.31. The molecule has 2 heterocycles. The van der Waals surface area contributed by atoms with Crippen LogP contribution in [0.3, 0.4) is 0 Å². The van der Waals surface area contributed by atoms with Gasteiger partial charge in [0.15, 0.2) is 6.29 Å². The van der Waals surface area contributed by atoms with Crippen molar-refractivity contribution in [3.63, 3.8) is 0 Å². The molecular weight excluding hydrogens is 540 g/mol. The van der Waals surface area contributed by atoms with Gasteiger partial charge < -0.3 is 24.4 Å². The number of ether oxygens (including phenoxy) is 2. The Bertz CT molecular complexity index is 1260. The van der Waals surface area contributed by atoms with Crippen LogP contribution in [0.2, 0.25) is 0 Å². The molecule has 1 N–H and O–H groups in total. The summed E-state index contributed by atoms with van der Waals surface area (Å²) in [6, 6.07) is 11.4. The highest BCUT2D eigenvalue weighted by molar-refractivity contribution is 5.92. The second-order valence-electron chi connectivity index (χ2n) is 12.5. The van der Waals surface area contributed by atoms with Gasteiger partial charge >= 0.3 is 0 Å². The normalized spacial score (nSPS) is 16.6. The lowest BCUT2D eigenvalue weighted by atomic mass is 10.1. The number of hydrogen-bond acceptors (Lipinski definition) is 5. The van der Waals surface area contributed by atoms with Crippen molar-refractivity contribution in [3.8, 4) is 11.5 Å². The van der Waals surface area contributed by atoms with Crippen molar-refractivity contribution in [2.45, 2.75) is 92.0 Å². The number of rotatable bonds is 7. The summed E-state index contributed by atoms with van der Waals surface area (Å²) in [7, 11) is 0. The van der Waals surface area contributed by atoms with E-state index in [1.807, 2.05) is 87.8 Å². The Kier molecular flexibility index (Phi) is 12.9. The zero-order valence-electron chi connectivity index (χ0n) is 26.9. The molecule has 234 valence electrons. The van der Waals surface area contributed by atoms with Gasteiger partial charge in [-0.15, -0.1) is 0 Å². The van der Waals surface area contributed by atoms with Crippen molar-refractivity contribution in [2.24, 2.45) is 0 Å². The molecule has 0 aliphatic carbocycles. The van der Waals surface area contributed by atoms with Crippen LogP contribution < -0.4 is 4.74 Å². The molecule has 1 atom stereocenters. The molecule has 2 amide bonds. The lowest BCUT2D eigenvalue weighted by Crippen LogP contribution is -2.34. The maximum atomic E-state index is 12.3. The molecule has 0 aromatic heterocycles. The Morgan fingerprint density at radius 2 is 1.23 bits per heavy atom. The number of carbonyl (C=O) groups is 2. The van der Waals surface area contributed by atoms with E-state index in [0.717, 1.165) is 74.3 Å². The molecule has 2 aromatic rings. The first-order valence-corrected chi connectivity index (χ1v) is 15.6. The van der Waals surface area contributed by atoms with Crippen LogP contribution in [0.1, 0.15) is 88.5 Å². The average molecular weight is 591 g/mol.